The molecule has 3 rings (SSSR count). The number of halogens is 1. The number of benzene rings is 1. The number of rotatable bonds is 3. The van der Waals surface area contributed by atoms with Gasteiger partial charge in [0.2, 0.25) is 0 Å². The van der Waals surface area contributed by atoms with E-state index >= 15 is 0 Å². The maximum atomic E-state index is 10.9. The quantitative estimate of drug-likeness (QED) is 0.621. The minimum absolute atomic E-state index is 0.509. The number of aliphatic hydroxyl groups is 1. The van der Waals surface area contributed by atoms with Crippen LogP contribution >= 0.6 is 22.6 Å². The standard InChI is InChI=1S/C16H21IO/c1-2-15(17)12-4-7-13(8-5-12)16(18)10-11-3-6-14(16)9-11/h4-5,7-8,11,14-15,18H,2-3,6,9-10H2,1H3. The van der Waals surface area contributed by atoms with Gasteiger partial charge in [-0.05, 0) is 55.1 Å². The predicted molar refractivity (Wildman–Crippen MR) is 82.8 cm³/mol. The fourth-order valence-electron chi connectivity index (χ4n) is 3.87. The van der Waals surface area contributed by atoms with Crippen LogP contribution in [0.5, 0.6) is 0 Å². The fourth-order valence-corrected chi connectivity index (χ4v) is 4.29. The van der Waals surface area contributed by atoms with Crippen molar-refractivity contribution in [3.8, 4) is 0 Å². The number of hydrogen-bond donors (Lipinski definition) is 1. The molecule has 2 heteroatoms. The fraction of sp³-hybridized carbons (Fsp3) is 0.625. The molecule has 0 aliphatic heterocycles. The van der Waals surface area contributed by atoms with Gasteiger partial charge in [0.05, 0.1) is 5.60 Å². The SMILES string of the molecule is CCC(I)c1ccc(C2(O)CC3CCC2C3)cc1. The van der Waals surface area contributed by atoms with Gasteiger partial charge in [-0.1, -0.05) is 53.8 Å². The Hall–Kier alpha value is -0.0900. The van der Waals surface area contributed by atoms with Crippen molar-refractivity contribution in [1.82, 2.24) is 0 Å². The Kier molecular flexibility index (Phi) is 3.43. The van der Waals surface area contributed by atoms with Crippen LogP contribution in [0.2, 0.25) is 0 Å². The van der Waals surface area contributed by atoms with Crippen molar-refractivity contribution < 1.29 is 5.11 Å². The van der Waals surface area contributed by atoms with Gasteiger partial charge in [0.15, 0.2) is 0 Å². The zero-order chi connectivity index (χ0) is 12.8. The summed E-state index contributed by atoms with van der Waals surface area (Å²) < 4.78 is 0.589. The Morgan fingerprint density at radius 3 is 2.56 bits per heavy atom. The van der Waals surface area contributed by atoms with Gasteiger partial charge in [-0.25, -0.2) is 0 Å². The molecule has 1 aromatic rings. The molecule has 2 aliphatic rings. The van der Waals surface area contributed by atoms with Crippen LogP contribution in [0, 0.1) is 11.8 Å². The normalized spacial score (nSPS) is 35.9. The second-order valence-electron chi connectivity index (χ2n) is 6.00. The molecule has 2 aliphatic carbocycles. The molecule has 2 fully saturated rings. The predicted octanol–water partition coefficient (Wildman–Crippen LogP) is 4.58. The van der Waals surface area contributed by atoms with Crippen LogP contribution in [0.4, 0.5) is 0 Å². The molecule has 2 bridgehead atoms. The van der Waals surface area contributed by atoms with Gasteiger partial charge in [0.1, 0.15) is 0 Å². The van der Waals surface area contributed by atoms with Crippen molar-refractivity contribution in [2.75, 3.05) is 0 Å². The van der Waals surface area contributed by atoms with Gasteiger partial charge >= 0.3 is 0 Å². The highest BCUT2D eigenvalue weighted by Gasteiger charge is 2.50. The zero-order valence-corrected chi connectivity index (χ0v) is 13.1. The first-order valence-electron chi connectivity index (χ1n) is 7.10. The first-order chi connectivity index (χ1) is 8.63. The molecular formula is C16H21IO. The van der Waals surface area contributed by atoms with E-state index in [0.717, 1.165) is 24.3 Å². The lowest BCUT2D eigenvalue weighted by molar-refractivity contribution is -0.0182. The molecule has 2 saturated carbocycles. The highest BCUT2D eigenvalue weighted by atomic mass is 127. The molecule has 0 amide bonds. The molecule has 0 aromatic heterocycles. The lowest BCUT2D eigenvalue weighted by atomic mass is 9.79. The van der Waals surface area contributed by atoms with E-state index < -0.39 is 5.60 Å². The Bertz CT molecular complexity index is 427. The molecule has 0 radical (unpaired) electrons. The van der Waals surface area contributed by atoms with Gasteiger partial charge < -0.3 is 5.11 Å². The van der Waals surface area contributed by atoms with Crippen LogP contribution in [0.15, 0.2) is 24.3 Å². The highest BCUT2D eigenvalue weighted by molar-refractivity contribution is 14.1. The van der Waals surface area contributed by atoms with Gasteiger partial charge in [0.25, 0.3) is 0 Å². The summed E-state index contributed by atoms with van der Waals surface area (Å²) in [6.07, 6.45) is 5.93. The summed E-state index contributed by atoms with van der Waals surface area (Å²) in [5.41, 5.74) is 2.01. The summed E-state index contributed by atoms with van der Waals surface area (Å²) in [5.74, 6) is 1.28. The maximum absolute atomic E-state index is 10.9. The van der Waals surface area contributed by atoms with Crippen molar-refractivity contribution in [2.45, 2.75) is 48.6 Å². The summed E-state index contributed by atoms with van der Waals surface area (Å²) in [6, 6.07) is 8.74. The van der Waals surface area contributed by atoms with Gasteiger partial charge in [-0.3, -0.25) is 0 Å². The summed E-state index contributed by atoms with van der Waals surface area (Å²) in [6.45, 7) is 2.22. The highest BCUT2D eigenvalue weighted by Crippen LogP contribution is 2.55. The average molecular weight is 356 g/mol. The first kappa shape index (κ1) is 12.9. The van der Waals surface area contributed by atoms with Gasteiger partial charge in [-0.15, -0.1) is 0 Å². The Morgan fingerprint density at radius 2 is 2.06 bits per heavy atom. The van der Waals surface area contributed by atoms with E-state index in [-0.39, 0.29) is 0 Å². The Labute approximate surface area is 123 Å². The van der Waals surface area contributed by atoms with E-state index in [1.54, 1.807) is 0 Å². The third-order valence-corrected chi connectivity index (χ3v) is 6.55. The summed E-state index contributed by atoms with van der Waals surface area (Å²) >= 11 is 2.49. The lowest BCUT2D eigenvalue weighted by Gasteiger charge is -2.33. The molecule has 98 valence electrons. The smallest absolute Gasteiger partial charge is 0.0927 e. The average Bonchev–Trinajstić information content (AvgIpc) is 2.98. The largest absolute Gasteiger partial charge is 0.385 e. The van der Waals surface area contributed by atoms with E-state index in [2.05, 4.69) is 53.8 Å². The van der Waals surface area contributed by atoms with E-state index in [1.807, 2.05) is 0 Å². The third-order valence-electron chi connectivity index (χ3n) is 4.95. The monoisotopic (exact) mass is 356 g/mol. The van der Waals surface area contributed by atoms with Crippen molar-refractivity contribution in [3.63, 3.8) is 0 Å². The van der Waals surface area contributed by atoms with E-state index in [4.69, 9.17) is 0 Å². The molecule has 0 saturated heterocycles. The van der Waals surface area contributed by atoms with Crippen molar-refractivity contribution in [2.24, 2.45) is 11.8 Å². The Balaban J connectivity index is 1.85. The summed E-state index contributed by atoms with van der Waals surface area (Å²) in [5, 5.41) is 10.9. The minimum Gasteiger partial charge on any atom is -0.385 e. The van der Waals surface area contributed by atoms with Crippen LogP contribution in [0.25, 0.3) is 0 Å². The number of hydrogen-bond acceptors (Lipinski definition) is 1. The van der Waals surface area contributed by atoms with E-state index in [1.165, 1.54) is 24.8 Å². The molecule has 4 atom stereocenters. The summed E-state index contributed by atoms with van der Waals surface area (Å²) in [7, 11) is 0. The third kappa shape index (κ3) is 2.01. The zero-order valence-electron chi connectivity index (χ0n) is 10.9. The molecule has 1 nitrogen and oxygen atoms in total. The van der Waals surface area contributed by atoms with Gasteiger partial charge in [0, 0.05) is 3.92 Å². The molecule has 0 spiro atoms. The Morgan fingerprint density at radius 1 is 1.33 bits per heavy atom. The molecular weight excluding hydrogens is 335 g/mol. The van der Waals surface area contributed by atoms with Crippen LogP contribution < -0.4 is 0 Å². The maximum Gasteiger partial charge on any atom is 0.0927 e. The lowest BCUT2D eigenvalue weighted by Crippen LogP contribution is -2.32. The van der Waals surface area contributed by atoms with Crippen molar-refractivity contribution >= 4 is 22.6 Å². The second-order valence-corrected chi connectivity index (χ2v) is 7.51. The molecule has 1 aromatic carbocycles. The van der Waals surface area contributed by atoms with Crippen LogP contribution in [0.3, 0.4) is 0 Å². The topological polar surface area (TPSA) is 20.2 Å². The van der Waals surface area contributed by atoms with Crippen LogP contribution in [0.1, 0.15) is 54.1 Å². The molecule has 0 heterocycles. The number of fused-ring (bicyclic) bond motifs is 2. The molecule has 4 unspecified atom stereocenters. The van der Waals surface area contributed by atoms with Crippen LogP contribution in [-0.2, 0) is 5.60 Å². The molecule has 18 heavy (non-hydrogen) atoms. The minimum atomic E-state index is -0.519. The van der Waals surface area contributed by atoms with Gasteiger partial charge in [-0.2, -0.15) is 0 Å². The number of alkyl halides is 1. The molecule has 1 N–H and O–H groups in total. The summed E-state index contributed by atoms with van der Waals surface area (Å²) in [4.78, 5) is 0. The van der Waals surface area contributed by atoms with Crippen molar-refractivity contribution in [3.05, 3.63) is 35.4 Å². The van der Waals surface area contributed by atoms with Crippen LogP contribution in [-0.4, -0.2) is 5.11 Å². The van der Waals surface area contributed by atoms with E-state index in [0.29, 0.717) is 9.84 Å². The van der Waals surface area contributed by atoms with E-state index in [9.17, 15) is 5.11 Å². The second kappa shape index (κ2) is 4.78. The first-order valence-corrected chi connectivity index (χ1v) is 8.35. The van der Waals surface area contributed by atoms with Crippen molar-refractivity contribution in [1.29, 1.82) is 0 Å².